The molecule has 1 aromatic rings. The molecule has 1 N–H and O–H groups in total. The van der Waals surface area contributed by atoms with Crippen LogP contribution in [-0.2, 0) is 0 Å². The van der Waals surface area contributed by atoms with Gasteiger partial charge in [-0.3, -0.25) is 4.79 Å². The largest absolute Gasteiger partial charge is 0.454 e. The third-order valence-electron chi connectivity index (χ3n) is 3.85. The van der Waals surface area contributed by atoms with Gasteiger partial charge in [-0.05, 0) is 36.0 Å². The smallest absolute Gasteiger partial charge is 0.251 e. The lowest BCUT2D eigenvalue weighted by atomic mass is 9.85. The van der Waals surface area contributed by atoms with Crippen molar-refractivity contribution in [1.82, 2.24) is 5.32 Å². The molecule has 2 rings (SSSR count). The van der Waals surface area contributed by atoms with Crippen LogP contribution < -0.4 is 14.8 Å². The van der Waals surface area contributed by atoms with Gasteiger partial charge in [0.2, 0.25) is 6.79 Å². The molecule has 1 amide bonds. The zero-order chi connectivity index (χ0) is 14.7. The van der Waals surface area contributed by atoms with Crippen LogP contribution in [0.25, 0.3) is 0 Å². The summed E-state index contributed by atoms with van der Waals surface area (Å²) in [5.41, 5.74) is 0.612. The second-order valence-electron chi connectivity index (χ2n) is 5.93. The number of hydrogen-bond donors (Lipinski definition) is 1. The number of hydrogen-bond acceptors (Lipinski definition) is 3. The van der Waals surface area contributed by atoms with Crippen molar-refractivity contribution >= 4 is 5.91 Å². The van der Waals surface area contributed by atoms with Crippen LogP contribution >= 0.6 is 0 Å². The minimum atomic E-state index is -0.0606. The van der Waals surface area contributed by atoms with Gasteiger partial charge in [0, 0.05) is 12.1 Å². The standard InChI is InChI=1S/C16H23NO3/c1-10(2)13(11(3)4)8-17-16(18)12-5-6-14-15(7-12)20-9-19-14/h5-7,10-11,13H,8-9H2,1-4H3,(H,17,18). The maximum absolute atomic E-state index is 12.2. The molecule has 0 aromatic heterocycles. The van der Waals surface area contributed by atoms with E-state index in [0.29, 0.717) is 41.4 Å². The van der Waals surface area contributed by atoms with E-state index in [1.807, 2.05) is 0 Å². The molecule has 0 saturated carbocycles. The van der Waals surface area contributed by atoms with Crippen LogP contribution in [0.5, 0.6) is 11.5 Å². The minimum Gasteiger partial charge on any atom is -0.454 e. The number of rotatable bonds is 5. The number of fused-ring (bicyclic) bond motifs is 1. The summed E-state index contributed by atoms with van der Waals surface area (Å²) in [6.07, 6.45) is 0. The zero-order valence-electron chi connectivity index (χ0n) is 12.6. The Balaban J connectivity index is 1.98. The molecule has 4 nitrogen and oxygen atoms in total. The number of benzene rings is 1. The van der Waals surface area contributed by atoms with Gasteiger partial charge in [-0.2, -0.15) is 0 Å². The number of carbonyl (C=O) groups excluding carboxylic acids is 1. The van der Waals surface area contributed by atoms with Gasteiger partial charge in [0.15, 0.2) is 11.5 Å². The second-order valence-corrected chi connectivity index (χ2v) is 5.93. The van der Waals surface area contributed by atoms with Crippen molar-refractivity contribution in [2.45, 2.75) is 27.7 Å². The lowest BCUT2D eigenvalue weighted by Crippen LogP contribution is -2.33. The van der Waals surface area contributed by atoms with Crippen molar-refractivity contribution in [3.63, 3.8) is 0 Å². The molecule has 0 unspecified atom stereocenters. The first-order chi connectivity index (χ1) is 9.49. The van der Waals surface area contributed by atoms with Gasteiger partial charge >= 0.3 is 0 Å². The van der Waals surface area contributed by atoms with Crippen molar-refractivity contribution in [1.29, 1.82) is 0 Å². The molecule has 4 heteroatoms. The molecule has 0 aliphatic carbocycles. The van der Waals surface area contributed by atoms with E-state index in [1.165, 1.54) is 0 Å². The molecule has 1 heterocycles. The van der Waals surface area contributed by atoms with E-state index in [2.05, 4.69) is 33.0 Å². The Hall–Kier alpha value is -1.71. The number of nitrogens with one attached hydrogen (secondary N) is 1. The van der Waals surface area contributed by atoms with E-state index in [9.17, 15) is 4.79 Å². The van der Waals surface area contributed by atoms with E-state index < -0.39 is 0 Å². The molecule has 20 heavy (non-hydrogen) atoms. The topological polar surface area (TPSA) is 47.6 Å². The molecule has 0 bridgehead atoms. The first kappa shape index (κ1) is 14.7. The number of carbonyl (C=O) groups is 1. The number of amides is 1. The fourth-order valence-electron chi connectivity index (χ4n) is 2.59. The SMILES string of the molecule is CC(C)C(CNC(=O)c1ccc2c(c1)OCO2)C(C)C. The Morgan fingerprint density at radius 1 is 1.15 bits per heavy atom. The summed E-state index contributed by atoms with van der Waals surface area (Å²) >= 11 is 0. The summed E-state index contributed by atoms with van der Waals surface area (Å²) in [5, 5.41) is 3.02. The Morgan fingerprint density at radius 2 is 1.80 bits per heavy atom. The summed E-state index contributed by atoms with van der Waals surface area (Å²) in [7, 11) is 0. The van der Waals surface area contributed by atoms with Gasteiger partial charge < -0.3 is 14.8 Å². The minimum absolute atomic E-state index is 0.0606. The van der Waals surface area contributed by atoms with Crippen molar-refractivity contribution in [3.8, 4) is 11.5 Å². The molecule has 1 aromatic carbocycles. The molecule has 1 aliphatic rings. The van der Waals surface area contributed by atoms with Crippen molar-refractivity contribution in [2.24, 2.45) is 17.8 Å². The normalized spacial score (nSPS) is 13.3. The predicted molar refractivity (Wildman–Crippen MR) is 78.1 cm³/mol. The van der Waals surface area contributed by atoms with Crippen LogP contribution in [0.1, 0.15) is 38.1 Å². The monoisotopic (exact) mass is 277 g/mol. The molecule has 0 radical (unpaired) electrons. The molecule has 0 spiro atoms. The first-order valence-corrected chi connectivity index (χ1v) is 7.17. The maximum atomic E-state index is 12.2. The summed E-state index contributed by atoms with van der Waals surface area (Å²) in [5.74, 6) is 2.85. The van der Waals surface area contributed by atoms with Crippen molar-refractivity contribution in [3.05, 3.63) is 23.8 Å². The molecule has 0 fully saturated rings. The molecular weight excluding hydrogens is 254 g/mol. The van der Waals surface area contributed by atoms with E-state index in [1.54, 1.807) is 18.2 Å². The van der Waals surface area contributed by atoms with Gasteiger partial charge in [0.05, 0.1) is 0 Å². The highest BCUT2D eigenvalue weighted by Gasteiger charge is 2.20. The van der Waals surface area contributed by atoms with E-state index in [-0.39, 0.29) is 12.7 Å². The highest BCUT2D eigenvalue weighted by Crippen LogP contribution is 2.32. The lowest BCUT2D eigenvalue weighted by Gasteiger charge is -2.25. The fraction of sp³-hybridized carbons (Fsp3) is 0.562. The van der Waals surface area contributed by atoms with E-state index in [0.717, 1.165) is 0 Å². The van der Waals surface area contributed by atoms with Crippen LogP contribution in [0.3, 0.4) is 0 Å². The highest BCUT2D eigenvalue weighted by atomic mass is 16.7. The first-order valence-electron chi connectivity index (χ1n) is 7.17. The van der Waals surface area contributed by atoms with E-state index in [4.69, 9.17) is 9.47 Å². The highest BCUT2D eigenvalue weighted by molar-refractivity contribution is 5.94. The van der Waals surface area contributed by atoms with Crippen LogP contribution in [-0.4, -0.2) is 19.2 Å². The molecule has 1 aliphatic heterocycles. The third-order valence-corrected chi connectivity index (χ3v) is 3.85. The Kier molecular flexibility index (Phi) is 4.53. The average Bonchev–Trinajstić information content (AvgIpc) is 2.84. The van der Waals surface area contributed by atoms with Gasteiger partial charge in [-0.1, -0.05) is 27.7 Å². The van der Waals surface area contributed by atoms with Gasteiger partial charge in [0.1, 0.15) is 0 Å². The summed E-state index contributed by atoms with van der Waals surface area (Å²) in [4.78, 5) is 12.2. The predicted octanol–water partition coefficient (Wildman–Crippen LogP) is 3.07. The lowest BCUT2D eigenvalue weighted by molar-refractivity contribution is 0.0936. The molecule has 110 valence electrons. The summed E-state index contributed by atoms with van der Waals surface area (Å²) in [6.45, 7) is 9.69. The molecular formula is C16H23NO3. The van der Waals surface area contributed by atoms with Crippen molar-refractivity contribution in [2.75, 3.05) is 13.3 Å². The Bertz CT molecular complexity index is 475. The Morgan fingerprint density at radius 3 is 2.45 bits per heavy atom. The molecule has 0 atom stereocenters. The fourth-order valence-corrected chi connectivity index (χ4v) is 2.59. The summed E-state index contributed by atoms with van der Waals surface area (Å²) < 4.78 is 10.5. The van der Waals surface area contributed by atoms with Crippen LogP contribution in [0.4, 0.5) is 0 Å². The van der Waals surface area contributed by atoms with Gasteiger partial charge in [-0.15, -0.1) is 0 Å². The summed E-state index contributed by atoms with van der Waals surface area (Å²) in [6, 6.07) is 5.28. The number of ether oxygens (including phenoxy) is 2. The van der Waals surface area contributed by atoms with Crippen molar-refractivity contribution < 1.29 is 14.3 Å². The quantitative estimate of drug-likeness (QED) is 0.899. The third kappa shape index (κ3) is 3.24. The zero-order valence-corrected chi connectivity index (χ0v) is 12.6. The second kappa shape index (κ2) is 6.16. The van der Waals surface area contributed by atoms with E-state index >= 15 is 0 Å². The average molecular weight is 277 g/mol. The Labute approximate surface area is 120 Å². The maximum Gasteiger partial charge on any atom is 0.251 e. The van der Waals surface area contributed by atoms with Crippen LogP contribution in [0.15, 0.2) is 18.2 Å². The van der Waals surface area contributed by atoms with Gasteiger partial charge in [-0.25, -0.2) is 0 Å². The van der Waals surface area contributed by atoms with Crippen LogP contribution in [0.2, 0.25) is 0 Å². The molecule has 0 saturated heterocycles. The van der Waals surface area contributed by atoms with Crippen LogP contribution in [0, 0.1) is 17.8 Å². The van der Waals surface area contributed by atoms with Gasteiger partial charge in [0.25, 0.3) is 5.91 Å².